The lowest BCUT2D eigenvalue weighted by Crippen LogP contribution is -2.52. The molecule has 1 aromatic heterocycles. The van der Waals surface area contributed by atoms with Crippen molar-refractivity contribution < 1.29 is 9.84 Å². The fraction of sp³-hybridized carbons (Fsp3) is 0.765. The highest BCUT2D eigenvalue weighted by atomic mass is 35.5. The van der Waals surface area contributed by atoms with Crippen LogP contribution in [0.3, 0.4) is 0 Å². The average molecular weight is 407 g/mol. The van der Waals surface area contributed by atoms with Crippen molar-refractivity contribution in [3.05, 3.63) is 27.4 Å². The second-order valence-corrected chi connectivity index (χ2v) is 7.50. The number of nitrogens with zero attached hydrogens (tertiary/aromatic N) is 2. The molecule has 0 amide bonds. The molecule has 3 heterocycles. The molecule has 4 rings (SSSR count). The van der Waals surface area contributed by atoms with Crippen molar-refractivity contribution in [3.8, 4) is 0 Å². The number of ether oxygens (including phenoxy) is 1. The average Bonchev–Trinajstić information content (AvgIpc) is 3.35. The van der Waals surface area contributed by atoms with E-state index in [0.717, 1.165) is 36.6 Å². The van der Waals surface area contributed by atoms with Crippen LogP contribution in [0.2, 0.25) is 0 Å². The molecule has 1 aliphatic carbocycles. The van der Waals surface area contributed by atoms with Gasteiger partial charge in [0.2, 0.25) is 0 Å². The standard InChI is InChI=1S/C17H26N4O3.2ClH/c22-16-13-3-5-21(10-17(23)9-18-4-6-24-11-17)8-14(13)19-15(20-16)7-12-1-2-12;;/h12,18,23H,1-11H2,(H,19,20,22);2*1H. The number of hydrogen-bond donors (Lipinski definition) is 3. The van der Waals surface area contributed by atoms with E-state index in [-0.39, 0.29) is 30.4 Å². The summed E-state index contributed by atoms with van der Waals surface area (Å²) < 4.78 is 5.50. The summed E-state index contributed by atoms with van der Waals surface area (Å²) in [4.78, 5) is 22.2. The number of aromatic nitrogens is 2. The molecule has 0 aromatic carbocycles. The van der Waals surface area contributed by atoms with Crippen molar-refractivity contribution in [2.24, 2.45) is 5.92 Å². The predicted octanol–water partition coefficient (Wildman–Crippen LogP) is 0.275. The van der Waals surface area contributed by atoms with E-state index in [1.165, 1.54) is 12.8 Å². The van der Waals surface area contributed by atoms with Gasteiger partial charge in [0.15, 0.2) is 0 Å². The molecule has 3 aliphatic rings. The SMILES string of the molecule is Cl.Cl.O=c1[nH]c(CC2CC2)nc2c1CCN(CC1(O)CNCCOC1)C2. The molecule has 1 unspecified atom stereocenters. The molecule has 1 saturated carbocycles. The minimum Gasteiger partial charge on any atom is -0.385 e. The van der Waals surface area contributed by atoms with Gasteiger partial charge in [-0.25, -0.2) is 4.98 Å². The van der Waals surface area contributed by atoms with Gasteiger partial charge in [0, 0.05) is 44.7 Å². The third-order valence-electron chi connectivity index (χ3n) is 5.15. The van der Waals surface area contributed by atoms with Gasteiger partial charge < -0.3 is 20.1 Å². The van der Waals surface area contributed by atoms with E-state index in [2.05, 4.69) is 15.2 Å². The van der Waals surface area contributed by atoms with Crippen molar-refractivity contribution in [3.63, 3.8) is 0 Å². The van der Waals surface area contributed by atoms with Gasteiger partial charge in [-0.15, -0.1) is 24.8 Å². The van der Waals surface area contributed by atoms with E-state index in [1.54, 1.807) is 0 Å². The Balaban J connectivity index is 0.00000121. The maximum absolute atomic E-state index is 12.3. The first-order valence-electron chi connectivity index (χ1n) is 8.95. The maximum atomic E-state index is 12.3. The van der Waals surface area contributed by atoms with E-state index >= 15 is 0 Å². The third kappa shape index (κ3) is 5.18. The van der Waals surface area contributed by atoms with Crippen LogP contribution >= 0.6 is 24.8 Å². The second-order valence-electron chi connectivity index (χ2n) is 7.50. The minimum atomic E-state index is -0.883. The molecule has 1 atom stereocenters. The highest BCUT2D eigenvalue weighted by Gasteiger charge is 2.33. The molecule has 1 saturated heterocycles. The number of rotatable bonds is 4. The van der Waals surface area contributed by atoms with Crippen LogP contribution in [-0.4, -0.2) is 65.0 Å². The molecule has 0 radical (unpaired) electrons. The van der Waals surface area contributed by atoms with Crippen LogP contribution in [0.1, 0.15) is 29.9 Å². The van der Waals surface area contributed by atoms with Crippen LogP contribution < -0.4 is 10.9 Å². The fourth-order valence-corrected chi connectivity index (χ4v) is 3.67. The van der Waals surface area contributed by atoms with Gasteiger partial charge in [0.05, 0.1) is 18.9 Å². The maximum Gasteiger partial charge on any atom is 0.254 e. The van der Waals surface area contributed by atoms with Crippen LogP contribution in [0, 0.1) is 5.92 Å². The Kier molecular flexibility index (Phi) is 7.47. The molecule has 9 heteroatoms. The third-order valence-corrected chi connectivity index (χ3v) is 5.15. The van der Waals surface area contributed by atoms with Crippen LogP contribution in [0.5, 0.6) is 0 Å². The van der Waals surface area contributed by atoms with Gasteiger partial charge in [-0.1, -0.05) is 0 Å². The number of H-pyrrole nitrogens is 1. The Hall–Kier alpha value is -0.700. The second kappa shape index (κ2) is 8.99. The van der Waals surface area contributed by atoms with Crippen LogP contribution in [0.15, 0.2) is 4.79 Å². The summed E-state index contributed by atoms with van der Waals surface area (Å²) in [6, 6.07) is 0. The quantitative estimate of drug-likeness (QED) is 0.664. The summed E-state index contributed by atoms with van der Waals surface area (Å²) in [5, 5.41) is 14.0. The largest absolute Gasteiger partial charge is 0.385 e. The summed E-state index contributed by atoms with van der Waals surface area (Å²) in [5.74, 6) is 1.52. The van der Waals surface area contributed by atoms with Gasteiger partial charge in [0.1, 0.15) is 11.4 Å². The minimum absolute atomic E-state index is 0. The van der Waals surface area contributed by atoms with Crippen LogP contribution in [0.25, 0.3) is 0 Å². The molecule has 26 heavy (non-hydrogen) atoms. The van der Waals surface area contributed by atoms with Crippen molar-refractivity contribution in [1.82, 2.24) is 20.2 Å². The number of aliphatic hydroxyl groups is 1. The Bertz CT molecular complexity index is 658. The number of nitrogens with one attached hydrogen (secondary N) is 2. The molecule has 2 fully saturated rings. The molecule has 0 spiro atoms. The van der Waals surface area contributed by atoms with Crippen molar-refractivity contribution in [2.75, 3.05) is 39.4 Å². The highest BCUT2D eigenvalue weighted by Crippen LogP contribution is 2.31. The van der Waals surface area contributed by atoms with Crippen LogP contribution in [0.4, 0.5) is 0 Å². The summed E-state index contributed by atoms with van der Waals surface area (Å²) in [5.41, 5.74) is 0.833. The molecule has 7 nitrogen and oxygen atoms in total. The first-order valence-corrected chi connectivity index (χ1v) is 8.95. The van der Waals surface area contributed by atoms with Gasteiger partial charge >= 0.3 is 0 Å². The lowest BCUT2D eigenvalue weighted by molar-refractivity contribution is -0.0513. The number of halogens is 2. The van der Waals surface area contributed by atoms with Crippen molar-refractivity contribution in [2.45, 2.75) is 37.8 Å². The molecule has 148 valence electrons. The van der Waals surface area contributed by atoms with Gasteiger partial charge in [-0.2, -0.15) is 0 Å². The summed E-state index contributed by atoms with van der Waals surface area (Å²) in [7, 11) is 0. The summed E-state index contributed by atoms with van der Waals surface area (Å²) in [6.07, 6.45) is 4.05. The first-order chi connectivity index (χ1) is 11.6. The lowest BCUT2D eigenvalue weighted by atomic mass is 10.0. The zero-order valence-corrected chi connectivity index (χ0v) is 16.5. The number of β-amino-alcohol motifs (C(OH)–C–C–N with tert-alkyl or cyclic N) is 1. The monoisotopic (exact) mass is 406 g/mol. The topological polar surface area (TPSA) is 90.5 Å². The van der Waals surface area contributed by atoms with E-state index in [9.17, 15) is 9.90 Å². The van der Waals surface area contributed by atoms with Crippen molar-refractivity contribution >= 4 is 24.8 Å². The van der Waals surface area contributed by atoms with E-state index < -0.39 is 5.60 Å². The van der Waals surface area contributed by atoms with Gasteiger partial charge in [-0.05, 0) is 25.2 Å². The molecular formula is C17H28Cl2N4O3. The van der Waals surface area contributed by atoms with E-state index in [0.29, 0.717) is 45.2 Å². The summed E-state index contributed by atoms with van der Waals surface area (Å²) in [6.45, 7) is 4.21. The van der Waals surface area contributed by atoms with E-state index in [4.69, 9.17) is 9.72 Å². The lowest BCUT2D eigenvalue weighted by Gasteiger charge is -2.35. The molecule has 2 aliphatic heterocycles. The predicted molar refractivity (Wildman–Crippen MR) is 103 cm³/mol. The Morgan fingerprint density at radius 1 is 1.35 bits per heavy atom. The number of fused-ring (bicyclic) bond motifs is 1. The zero-order valence-electron chi connectivity index (χ0n) is 14.8. The molecular weight excluding hydrogens is 379 g/mol. The van der Waals surface area contributed by atoms with E-state index in [1.807, 2.05) is 0 Å². The Morgan fingerprint density at radius 2 is 2.15 bits per heavy atom. The fourth-order valence-electron chi connectivity index (χ4n) is 3.67. The smallest absolute Gasteiger partial charge is 0.254 e. The summed E-state index contributed by atoms with van der Waals surface area (Å²) >= 11 is 0. The normalized spacial score (nSPS) is 26.2. The van der Waals surface area contributed by atoms with Crippen LogP contribution in [-0.2, 0) is 24.1 Å². The zero-order chi connectivity index (χ0) is 16.6. The Morgan fingerprint density at radius 3 is 2.92 bits per heavy atom. The molecule has 3 N–H and O–H groups in total. The Labute approximate surface area is 165 Å². The first kappa shape index (κ1) is 21.6. The highest BCUT2D eigenvalue weighted by molar-refractivity contribution is 5.85. The molecule has 1 aromatic rings. The number of aromatic amines is 1. The molecule has 0 bridgehead atoms. The number of hydrogen-bond acceptors (Lipinski definition) is 6. The van der Waals surface area contributed by atoms with Gasteiger partial charge in [-0.3, -0.25) is 9.69 Å². The van der Waals surface area contributed by atoms with Crippen molar-refractivity contribution in [1.29, 1.82) is 0 Å². The van der Waals surface area contributed by atoms with Gasteiger partial charge in [0.25, 0.3) is 5.56 Å².